The van der Waals surface area contributed by atoms with Crippen molar-refractivity contribution in [2.45, 2.75) is 65.2 Å². The van der Waals surface area contributed by atoms with Gasteiger partial charge in [-0.15, -0.1) is 0 Å². The molecule has 0 atom stereocenters. The Kier molecular flexibility index (Phi) is 5.65. The first-order valence-electron chi connectivity index (χ1n) is 8.45. The fraction of sp³-hybridized carbons (Fsp3) is 0.684. The van der Waals surface area contributed by atoms with Gasteiger partial charge in [0.25, 0.3) is 0 Å². The minimum Gasteiger partial charge on any atom is -0.316 e. The maximum Gasteiger partial charge on any atom is 0.00109 e. The first-order valence-corrected chi connectivity index (χ1v) is 8.45. The maximum atomic E-state index is 3.61. The van der Waals surface area contributed by atoms with Gasteiger partial charge in [0.05, 0.1) is 0 Å². The molecular weight excluding hydrogens is 242 g/mol. The summed E-state index contributed by atoms with van der Waals surface area (Å²) in [5.74, 6) is 0.634. The van der Waals surface area contributed by atoms with Gasteiger partial charge in [-0.25, -0.2) is 0 Å². The molecule has 1 aliphatic carbocycles. The van der Waals surface area contributed by atoms with Crippen LogP contribution in [-0.2, 0) is 6.42 Å². The fourth-order valence-corrected chi connectivity index (χ4v) is 3.56. The van der Waals surface area contributed by atoms with Gasteiger partial charge in [-0.2, -0.15) is 0 Å². The molecule has 0 saturated heterocycles. The summed E-state index contributed by atoms with van der Waals surface area (Å²) in [6.07, 6.45) is 8.29. The molecule has 0 heterocycles. The lowest BCUT2D eigenvalue weighted by Gasteiger charge is -2.38. The smallest absolute Gasteiger partial charge is 0.00109 e. The average molecular weight is 273 g/mol. The molecule has 0 bridgehead atoms. The van der Waals surface area contributed by atoms with Crippen LogP contribution in [0.4, 0.5) is 0 Å². The molecular formula is C19H31N. The highest BCUT2D eigenvalue weighted by atomic mass is 14.9. The molecule has 1 aromatic carbocycles. The van der Waals surface area contributed by atoms with Crippen LogP contribution in [0, 0.1) is 5.41 Å². The van der Waals surface area contributed by atoms with Gasteiger partial charge >= 0.3 is 0 Å². The Bertz CT molecular complexity index is 385. The van der Waals surface area contributed by atoms with Crippen molar-refractivity contribution < 1.29 is 0 Å². The van der Waals surface area contributed by atoms with Crippen molar-refractivity contribution in [2.24, 2.45) is 5.41 Å². The Hall–Kier alpha value is -0.820. The molecule has 1 aromatic rings. The zero-order chi connectivity index (χ0) is 14.4. The molecule has 0 aromatic heterocycles. The highest BCUT2D eigenvalue weighted by Gasteiger charge is 2.31. The van der Waals surface area contributed by atoms with Gasteiger partial charge in [0.2, 0.25) is 0 Å². The van der Waals surface area contributed by atoms with Crippen LogP contribution in [-0.4, -0.2) is 13.1 Å². The first-order chi connectivity index (χ1) is 9.65. The first kappa shape index (κ1) is 15.6. The minimum absolute atomic E-state index is 0.508. The topological polar surface area (TPSA) is 12.0 Å². The Morgan fingerprint density at radius 1 is 1.05 bits per heavy atom. The number of benzene rings is 1. The molecule has 1 N–H and O–H groups in total. The monoisotopic (exact) mass is 273 g/mol. The van der Waals surface area contributed by atoms with E-state index < -0.39 is 0 Å². The molecule has 1 heteroatoms. The predicted octanol–water partition coefficient (Wildman–Crippen LogP) is 4.91. The maximum absolute atomic E-state index is 3.61. The Morgan fingerprint density at radius 3 is 2.25 bits per heavy atom. The summed E-state index contributed by atoms with van der Waals surface area (Å²) in [4.78, 5) is 0. The van der Waals surface area contributed by atoms with Gasteiger partial charge in [0.15, 0.2) is 0 Å². The molecule has 1 nitrogen and oxygen atoms in total. The zero-order valence-electron chi connectivity index (χ0n) is 13.5. The third-order valence-electron chi connectivity index (χ3n) is 4.89. The second-order valence-corrected chi connectivity index (χ2v) is 6.91. The number of rotatable bonds is 6. The van der Waals surface area contributed by atoms with Crippen molar-refractivity contribution in [3.63, 3.8) is 0 Å². The van der Waals surface area contributed by atoms with Crippen molar-refractivity contribution in [3.05, 3.63) is 35.4 Å². The van der Waals surface area contributed by atoms with Crippen molar-refractivity contribution in [2.75, 3.05) is 13.1 Å². The lowest BCUT2D eigenvalue weighted by Crippen LogP contribution is -2.37. The van der Waals surface area contributed by atoms with Gasteiger partial charge in [-0.3, -0.25) is 0 Å². The van der Waals surface area contributed by atoms with Crippen LogP contribution < -0.4 is 5.32 Å². The summed E-state index contributed by atoms with van der Waals surface area (Å²) >= 11 is 0. The molecule has 2 rings (SSSR count). The largest absolute Gasteiger partial charge is 0.316 e. The van der Waals surface area contributed by atoms with E-state index in [2.05, 4.69) is 50.4 Å². The predicted molar refractivity (Wildman–Crippen MR) is 88.3 cm³/mol. The molecule has 0 radical (unpaired) electrons. The summed E-state index contributed by atoms with van der Waals surface area (Å²) in [5, 5.41) is 3.61. The van der Waals surface area contributed by atoms with E-state index in [0.717, 1.165) is 6.54 Å². The number of hydrogen-bond donors (Lipinski definition) is 1. The van der Waals surface area contributed by atoms with Gasteiger partial charge in [0, 0.05) is 6.54 Å². The Balaban J connectivity index is 2.06. The van der Waals surface area contributed by atoms with Gasteiger partial charge in [0.1, 0.15) is 0 Å². The van der Waals surface area contributed by atoms with Gasteiger partial charge in [-0.1, -0.05) is 64.3 Å². The van der Waals surface area contributed by atoms with Crippen LogP contribution in [0.1, 0.15) is 69.9 Å². The molecule has 112 valence electrons. The van der Waals surface area contributed by atoms with Gasteiger partial charge < -0.3 is 5.32 Å². The molecule has 0 amide bonds. The van der Waals surface area contributed by atoms with Crippen LogP contribution in [0.5, 0.6) is 0 Å². The third-order valence-corrected chi connectivity index (χ3v) is 4.89. The Labute approximate surface area is 125 Å². The molecule has 20 heavy (non-hydrogen) atoms. The summed E-state index contributed by atoms with van der Waals surface area (Å²) in [7, 11) is 0. The summed E-state index contributed by atoms with van der Waals surface area (Å²) < 4.78 is 0. The molecule has 1 saturated carbocycles. The van der Waals surface area contributed by atoms with E-state index in [0.29, 0.717) is 11.3 Å². The molecule has 0 aliphatic heterocycles. The van der Waals surface area contributed by atoms with Crippen molar-refractivity contribution in [3.8, 4) is 0 Å². The van der Waals surface area contributed by atoms with Crippen LogP contribution >= 0.6 is 0 Å². The van der Waals surface area contributed by atoms with E-state index in [4.69, 9.17) is 0 Å². The van der Waals surface area contributed by atoms with Crippen molar-refractivity contribution in [1.29, 1.82) is 0 Å². The van der Waals surface area contributed by atoms with E-state index in [1.807, 2.05) is 0 Å². The Morgan fingerprint density at radius 2 is 1.70 bits per heavy atom. The average Bonchev–Trinajstić information content (AvgIpc) is 2.47. The van der Waals surface area contributed by atoms with Crippen LogP contribution in [0.25, 0.3) is 0 Å². The SMILES string of the molecule is CCNCC1(Cc2ccc(C(C)C)cc2)CCCCC1. The highest BCUT2D eigenvalue weighted by Crippen LogP contribution is 2.38. The van der Waals surface area contributed by atoms with E-state index in [-0.39, 0.29) is 0 Å². The van der Waals surface area contributed by atoms with Crippen LogP contribution in [0.15, 0.2) is 24.3 Å². The second kappa shape index (κ2) is 7.26. The third kappa shape index (κ3) is 4.09. The van der Waals surface area contributed by atoms with Crippen LogP contribution in [0.2, 0.25) is 0 Å². The number of hydrogen-bond acceptors (Lipinski definition) is 1. The second-order valence-electron chi connectivity index (χ2n) is 6.91. The standard InChI is InChI=1S/C19H31N/c1-4-20-15-19(12-6-5-7-13-19)14-17-8-10-18(11-9-17)16(2)3/h8-11,16,20H,4-7,12-15H2,1-3H3. The summed E-state index contributed by atoms with van der Waals surface area (Å²) in [6, 6.07) is 9.36. The fourth-order valence-electron chi connectivity index (χ4n) is 3.56. The molecule has 1 aliphatic rings. The number of nitrogens with one attached hydrogen (secondary N) is 1. The van der Waals surface area contributed by atoms with Crippen molar-refractivity contribution >= 4 is 0 Å². The summed E-state index contributed by atoms with van der Waals surface area (Å²) in [5.41, 5.74) is 3.49. The van der Waals surface area contributed by atoms with Crippen molar-refractivity contribution in [1.82, 2.24) is 5.32 Å². The van der Waals surface area contributed by atoms with E-state index >= 15 is 0 Å². The zero-order valence-corrected chi connectivity index (χ0v) is 13.5. The molecule has 0 unspecified atom stereocenters. The van der Waals surface area contributed by atoms with E-state index in [9.17, 15) is 0 Å². The molecule has 0 spiro atoms. The minimum atomic E-state index is 0.508. The van der Waals surface area contributed by atoms with E-state index in [1.165, 1.54) is 56.2 Å². The normalized spacial score (nSPS) is 18.4. The lowest BCUT2D eigenvalue weighted by atomic mass is 9.70. The van der Waals surface area contributed by atoms with E-state index in [1.54, 1.807) is 0 Å². The van der Waals surface area contributed by atoms with Gasteiger partial charge in [-0.05, 0) is 48.3 Å². The summed E-state index contributed by atoms with van der Waals surface area (Å²) in [6.45, 7) is 9.03. The lowest BCUT2D eigenvalue weighted by molar-refractivity contribution is 0.182. The quantitative estimate of drug-likeness (QED) is 0.776. The molecule has 1 fully saturated rings. The highest BCUT2D eigenvalue weighted by molar-refractivity contribution is 5.25. The van der Waals surface area contributed by atoms with Crippen LogP contribution in [0.3, 0.4) is 0 Å².